The maximum Gasteiger partial charge on any atom is 0.315 e. The molecule has 3 N–H and O–H groups in total. The lowest BCUT2D eigenvalue weighted by molar-refractivity contribution is 0.0592. The number of thioether (sulfide) groups is 1. The van der Waals surface area contributed by atoms with Gasteiger partial charge in [-0.2, -0.15) is 11.8 Å². The smallest absolute Gasteiger partial charge is 0.315 e. The second-order valence-electron chi connectivity index (χ2n) is 5.40. The zero-order chi connectivity index (χ0) is 13.4. The third-order valence-electron chi connectivity index (χ3n) is 3.41. The van der Waals surface area contributed by atoms with Gasteiger partial charge in [-0.3, -0.25) is 0 Å². The molecule has 0 aromatic rings. The molecule has 0 radical (unpaired) electrons. The molecule has 2 amide bonds. The Morgan fingerprint density at radius 3 is 2.67 bits per heavy atom. The van der Waals surface area contributed by atoms with Crippen molar-refractivity contribution in [3.8, 4) is 0 Å². The lowest BCUT2D eigenvalue weighted by atomic mass is 9.96. The molecule has 18 heavy (non-hydrogen) atoms. The predicted molar refractivity (Wildman–Crippen MR) is 77.0 cm³/mol. The van der Waals surface area contributed by atoms with Gasteiger partial charge in [-0.25, -0.2) is 4.79 Å². The predicted octanol–water partition coefficient (Wildman–Crippen LogP) is 2.12. The number of amides is 2. The highest BCUT2D eigenvalue weighted by molar-refractivity contribution is 7.98. The standard InChI is InChI=1S/C13H26N2O2S/c1-13(17,8-9-18-2)10-14-12(16)15-11-6-4-3-5-7-11/h11,17H,3-10H2,1-2H3,(H2,14,15,16). The molecule has 0 aromatic heterocycles. The van der Waals surface area contributed by atoms with Crippen LogP contribution in [0.25, 0.3) is 0 Å². The van der Waals surface area contributed by atoms with Crippen molar-refractivity contribution in [3.63, 3.8) is 0 Å². The molecule has 0 saturated heterocycles. The molecule has 106 valence electrons. The third kappa shape index (κ3) is 6.50. The van der Waals surface area contributed by atoms with E-state index in [0.29, 0.717) is 19.0 Å². The highest BCUT2D eigenvalue weighted by Gasteiger charge is 2.21. The van der Waals surface area contributed by atoms with Crippen molar-refractivity contribution < 1.29 is 9.90 Å². The summed E-state index contributed by atoms with van der Waals surface area (Å²) in [6.07, 6.45) is 8.56. The van der Waals surface area contributed by atoms with Crippen LogP contribution < -0.4 is 10.6 Å². The Morgan fingerprint density at radius 2 is 2.06 bits per heavy atom. The van der Waals surface area contributed by atoms with Gasteiger partial charge in [-0.15, -0.1) is 0 Å². The Hall–Kier alpha value is -0.420. The van der Waals surface area contributed by atoms with Crippen molar-refractivity contribution in [3.05, 3.63) is 0 Å². The zero-order valence-corrected chi connectivity index (χ0v) is 12.3. The van der Waals surface area contributed by atoms with E-state index in [-0.39, 0.29) is 6.03 Å². The number of hydrogen-bond acceptors (Lipinski definition) is 3. The molecule has 4 nitrogen and oxygen atoms in total. The third-order valence-corrected chi connectivity index (χ3v) is 4.03. The Morgan fingerprint density at radius 1 is 1.39 bits per heavy atom. The van der Waals surface area contributed by atoms with Crippen LogP contribution in [0.1, 0.15) is 45.4 Å². The first-order valence-electron chi connectivity index (χ1n) is 6.79. The van der Waals surface area contributed by atoms with E-state index < -0.39 is 5.60 Å². The van der Waals surface area contributed by atoms with Crippen molar-refractivity contribution in [1.29, 1.82) is 0 Å². The molecule has 0 aliphatic heterocycles. The average Bonchev–Trinajstić information content (AvgIpc) is 2.36. The fourth-order valence-electron chi connectivity index (χ4n) is 2.16. The second kappa shape index (κ2) is 7.89. The van der Waals surface area contributed by atoms with Gasteiger partial charge in [0.2, 0.25) is 0 Å². The van der Waals surface area contributed by atoms with Crippen LogP contribution >= 0.6 is 11.8 Å². The van der Waals surface area contributed by atoms with Crippen LogP contribution in [0.4, 0.5) is 4.79 Å². The molecule has 0 bridgehead atoms. The van der Waals surface area contributed by atoms with E-state index in [9.17, 15) is 9.90 Å². The van der Waals surface area contributed by atoms with Crippen LogP contribution in [-0.4, -0.2) is 41.3 Å². The number of rotatable bonds is 6. The summed E-state index contributed by atoms with van der Waals surface area (Å²) in [7, 11) is 0. The molecule has 1 rings (SSSR count). The van der Waals surface area contributed by atoms with E-state index >= 15 is 0 Å². The van der Waals surface area contributed by atoms with E-state index in [1.165, 1.54) is 19.3 Å². The van der Waals surface area contributed by atoms with Crippen LogP contribution in [0.3, 0.4) is 0 Å². The summed E-state index contributed by atoms with van der Waals surface area (Å²) < 4.78 is 0. The number of carbonyl (C=O) groups is 1. The molecule has 1 saturated carbocycles. The first kappa shape index (κ1) is 15.6. The molecule has 1 unspecified atom stereocenters. The Balaban J connectivity index is 2.19. The molecule has 0 aromatic carbocycles. The van der Waals surface area contributed by atoms with Crippen LogP contribution in [0, 0.1) is 0 Å². The fraction of sp³-hybridized carbons (Fsp3) is 0.923. The van der Waals surface area contributed by atoms with Gasteiger partial charge in [-0.05, 0) is 38.2 Å². The number of nitrogens with one attached hydrogen (secondary N) is 2. The highest BCUT2D eigenvalue weighted by atomic mass is 32.2. The molecular formula is C13H26N2O2S. The van der Waals surface area contributed by atoms with Gasteiger partial charge in [-0.1, -0.05) is 19.3 Å². The number of hydrogen-bond donors (Lipinski definition) is 3. The van der Waals surface area contributed by atoms with Gasteiger partial charge in [0.25, 0.3) is 0 Å². The summed E-state index contributed by atoms with van der Waals surface area (Å²) in [4.78, 5) is 11.7. The number of aliphatic hydroxyl groups is 1. The zero-order valence-electron chi connectivity index (χ0n) is 11.5. The summed E-state index contributed by atoms with van der Waals surface area (Å²) >= 11 is 1.70. The number of urea groups is 1. The van der Waals surface area contributed by atoms with Gasteiger partial charge in [0.05, 0.1) is 5.60 Å². The molecule has 1 atom stereocenters. The number of carbonyl (C=O) groups excluding carboxylic acids is 1. The molecule has 0 heterocycles. The SMILES string of the molecule is CSCCC(C)(O)CNC(=O)NC1CCCCC1. The van der Waals surface area contributed by atoms with E-state index in [1.54, 1.807) is 18.7 Å². The summed E-state index contributed by atoms with van der Waals surface area (Å²) in [6, 6.07) is 0.168. The minimum absolute atomic E-state index is 0.147. The minimum Gasteiger partial charge on any atom is -0.388 e. The van der Waals surface area contributed by atoms with Gasteiger partial charge in [0, 0.05) is 12.6 Å². The lowest BCUT2D eigenvalue weighted by Gasteiger charge is -2.26. The summed E-state index contributed by atoms with van der Waals surface area (Å²) in [5.41, 5.74) is -0.813. The summed E-state index contributed by atoms with van der Waals surface area (Å²) in [6.45, 7) is 2.08. The van der Waals surface area contributed by atoms with Crippen molar-refractivity contribution in [2.75, 3.05) is 18.6 Å². The topological polar surface area (TPSA) is 61.4 Å². The lowest BCUT2D eigenvalue weighted by Crippen LogP contribution is -2.48. The van der Waals surface area contributed by atoms with Gasteiger partial charge >= 0.3 is 6.03 Å². The van der Waals surface area contributed by atoms with Gasteiger partial charge < -0.3 is 15.7 Å². The van der Waals surface area contributed by atoms with E-state index in [1.807, 2.05) is 6.26 Å². The normalized spacial score (nSPS) is 20.2. The first-order chi connectivity index (χ1) is 8.53. The Labute approximate surface area is 114 Å². The monoisotopic (exact) mass is 274 g/mol. The molecule has 1 aliphatic rings. The van der Waals surface area contributed by atoms with Crippen molar-refractivity contribution >= 4 is 17.8 Å². The molecule has 1 fully saturated rings. The van der Waals surface area contributed by atoms with Gasteiger partial charge in [0.15, 0.2) is 0 Å². The summed E-state index contributed by atoms with van der Waals surface area (Å²) in [5.74, 6) is 0.902. The van der Waals surface area contributed by atoms with Crippen LogP contribution in [0.5, 0.6) is 0 Å². The Kier molecular flexibility index (Phi) is 6.86. The molecule has 1 aliphatic carbocycles. The van der Waals surface area contributed by atoms with Crippen molar-refractivity contribution in [2.24, 2.45) is 0 Å². The van der Waals surface area contributed by atoms with Gasteiger partial charge in [0.1, 0.15) is 0 Å². The highest BCUT2D eigenvalue weighted by Crippen LogP contribution is 2.17. The summed E-state index contributed by atoms with van der Waals surface area (Å²) in [5, 5.41) is 15.8. The maximum absolute atomic E-state index is 11.7. The van der Waals surface area contributed by atoms with E-state index in [2.05, 4.69) is 10.6 Å². The Bertz CT molecular complexity index is 253. The quantitative estimate of drug-likeness (QED) is 0.695. The van der Waals surface area contributed by atoms with Crippen LogP contribution in [-0.2, 0) is 0 Å². The average molecular weight is 274 g/mol. The van der Waals surface area contributed by atoms with E-state index in [0.717, 1.165) is 18.6 Å². The van der Waals surface area contributed by atoms with Crippen LogP contribution in [0.2, 0.25) is 0 Å². The van der Waals surface area contributed by atoms with Crippen LogP contribution in [0.15, 0.2) is 0 Å². The van der Waals surface area contributed by atoms with Crippen molar-refractivity contribution in [2.45, 2.75) is 57.1 Å². The fourth-order valence-corrected chi connectivity index (χ4v) is 2.81. The maximum atomic E-state index is 11.7. The molecule has 0 spiro atoms. The van der Waals surface area contributed by atoms with E-state index in [4.69, 9.17) is 0 Å². The molecule has 5 heteroatoms. The molecular weight excluding hydrogens is 248 g/mol. The van der Waals surface area contributed by atoms with Crippen molar-refractivity contribution in [1.82, 2.24) is 10.6 Å². The first-order valence-corrected chi connectivity index (χ1v) is 8.18. The largest absolute Gasteiger partial charge is 0.388 e. The second-order valence-corrected chi connectivity index (χ2v) is 6.39. The minimum atomic E-state index is -0.813.